The van der Waals surface area contributed by atoms with Gasteiger partial charge in [-0.15, -0.1) is 0 Å². The van der Waals surface area contributed by atoms with Crippen LogP contribution in [0.2, 0.25) is 0 Å². The largest absolute Gasteiger partial charge is 0.364 e. The van der Waals surface area contributed by atoms with Crippen LogP contribution < -0.4 is 0 Å². The van der Waals surface area contributed by atoms with Gasteiger partial charge >= 0.3 is 0 Å². The standard InChI is InChI=1S/C19H24N4O3/c1-13(17-8-11-26-20-17)22(4)18(24)14-6-5-7-15-16(14)12-23(19(15)25)10-9-21(2)3/h5-8,11,13H,9-10,12H2,1-4H3/t13-/m0/s1. The Bertz CT molecular complexity index is 801. The lowest BCUT2D eigenvalue weighted by Gasteiger charge is -2.24. The molecule has 1 aromatic heterocycles. The van der Waals surface area contributed by atoms with Gasteiger partial charge in [-0.05, 0) is 38.7 Å². The molecule has 0 fully saturated rings. The number of amides is 2. The topological polar surface area (TPSA) is 69.9 Å². The van der Waals surface area contributed by atoms with Gasteiger partial charge in [0.25, 0.3) is 11.8 Å². The zero-order valence-corrected chi connectivity index (χ0v) is 15.6. The predicted molar refractivity (Wildman–Crippen MR) is 96.7 cm³/mol. The van der Waals surface area contributed by atoms with Gasteiger partial charge in [0.1, 0.15) is 12.0 Å². The van der Waals surface area contributed by atoms with Crippen LogP contribution in [0.3, 0.4) is 0 Å². The number of benzene rings is 1. The van der Waals surface area contributed by atoms with E-state index in [1.54, 1.807) is 41.1 Å². The van der Waals surface area contributed by atoms with Crippen molar-refractivity contribution in [2.45, 2.75) is 19.5 Å². The summed E-state index contributed by atoms with van der Waals surface area (Å²) in [5.74, 6) is -0.136. The lowest BCUT2D eigenvalue weighted by Crippen LogP contribution is -2.32. The molecule has 1 atom stereocenters. The van der Waals surface area contributed by atoms with E-state index in [1.807, 2.05) is 25.9 Å². The number of carbonyl (C=O) groups excluding carboxylic acids is 2. The molecule has 2 aromatic rings. The van der Waals surface area contributed by atoms with Gasteiger partial charge in [0.15, 0.2) is 0 Å². The number of hydrogen-bond donors (Lipinski definition) is 0. The minimum Gasteiger partial charge on any atom is -0.364 e. The Labute approximate surface area is 153 Å². The molecule has 0 N–H and O–H groups in total. The van der Waals surface area contributed by atoms with E-state index in [4.69, 9.17) is 4.52 Å². The zero-order valence-electron chi connectivity index (χ0n) is 15.6. The third kappa shape index (κ3) is 3.35. The Kier molecular flexibility index (Phi) is 5.08. The SMILES string of the molecule is C[C@@H](c1ccon1)N(C)C(=O)c1cccc2c1CN(CCN(C)C)C2=O. The van der Waals surface area contributed by atoms with Crippen molar-refractivity contribution >= 4 is 11.8 Å². The molecule has 2 amide bonds. The summed E-state index contributed by atoms with van der Waals surface area (Å²) < 4.78 is 4.88. The number of carbonyl (C=O) groups is 2. The van der Waals surface area contributed by atoms with Crippen LogP contribution in [0.1, 0.15) is 44.9 Å². The van der Waals surface area contributed by atoms with E-state index in [0.717, 1.165) is 12.1 Å². The van der Waals surface area contributed by atoms with Crippen LogP contribution in [0.5, 0.6) is 0 Å². The monoisotopic (exact) mass is 356 g/mol. The van der Waals surface area contributed by atoms with Crippen LogP contribution in [-0.2, 0) is 6.54 Å². The fourth-order valence-corrected chi connectivity index (χ4v) is 3.09. The van der Waals surface area contributed by atoms with Gasteiger partial charge in [-0.2, -0.15) is 0 Å². The first-order chi connectivity index (χ1) is 12.4. The van der Waals surface area contributed by atoms with Gasteiger partial charge in [0.2, 0.25) is 0 Å². The van der Waals surface area contributed by atoms with Gasteiger partial charge in [-0.3, -0.25) is 9.59 Å². The molecule has 3 rings (SSSR count). The first kappa shape index (κ1) is 18.1. The maximum absolute atomic E-state index is 13.0. The molecule has 1 aliphatic heterocycles. The first-order valence-corrected chi connectivity index (χ1v) is 8.63. The summed E-state index contributed by atoms with van der Waals surface area (Å²) in [7, 11) is 5.69. The molecule has 0 unspecified atom stereocenters. The third-order valence-corrected chi connectivity index (χ3v) is 4.88. The molecule has 0 aliphatic carbocycles. The summed E-state index contributed by atoms with van der Waals surface area (Å²) in [6, 6.07) is 6.88. The second-order valence-electron chi connectivity index (χ2n) is 6.88. The van der Waals surface area contributed by atoms with Gasteiger partial charge in [0, 0.05) is 43.9 Å². The number of rotatable bonds is 6. The van der Waals surface area contributed by atoms with Crippen molar-refractivity contribution in [3.05, 3.63) is 52.9 Å². The summed E-state index contributed by atoms with van der Waals surface area (Å²) in [4.78, 5) is 31.1. The lowest BCUT2D eigenvalue weighted by atomic mass is 10.0. The summed E-state index contributed by atoms with van der Waals surface area (Å²) in [6.07, 6.45) is 1.49. The van der Waals surface area contributed by atoms with Crippen LogP contribution in [0.4, 0.5) is 0 Å². The highest BCUT2D eigenvalue weighted by molar-refractivity contribution is 6.04. The van der Waals surface area contributed by atoms with E-state index in [-0.39, 0.29) is 17.9 Å². The van der Waals surface area contributed by atoms with Crippen LogP contribution in [0, 0.1) is 0 Å². The van der Waals surface area contributed by atoms with E-state index in [2.05, 4.69) is 5.16 Å². The van der Waals surface area contributed by atoms with E-state index in [1.165, 1.54) is 6.26 Å². The molecule has 2 heterocycles. The number of likely N-dealkylation sites (N-methyl/N-ethyl adjacent to an activating group) is 1. The number of fused-ring (bicyclic) bond motifs is 1. The second-order valence-corrected chi connectivity index (χ2v) is 6.88. The molecule has 0 saturated carbocycles. The Morgan fingerprint density at radius 1 is 1.31 bits per heavy atom. The minimum atomic E-state index is -0.223. The fourth-order valence-electron chi connectivity index (χ4n) is 3.09. The van der Waals surface area contributed by atoms with Gasteiger partial charge < -0.3 is 19.2 Å². The van der Waals surface area contributed by atoms with Gasteiger partial charge in [-0.25, -0.2) is 0 Å². The highest BCUT2D eigenvalue weighted by atomic mass is 16.5. The van der Waals surface area contributed by atoms with Crippen LogP contribution in [0.25, 0.3) is 0 Å². The van der Waals surface area contributed by atoms with Crippen molar-refractivity contribution in [2.75, 3.05) is 34.2 Å². The fraction of sp³-hybridized carbons (Fsp3) is 0.421. The van der Waals surface area contributed by atoms with Gasteiger partial charge in [0.05, 0.1) is 6.04 Å². The Balaban J connectivity index is 1.83. The normalized spacial score (nSPS) is 14.7. The smallest absolute Gasteiger partial charge is 0.254 e. The summed E-state index contributed by atoms with van der Waals surface area (Å²) in [5.41, 5.74) is 2.69. The molecular weight excluding hydrogens is 332 g/mol. The molecule has 0 spiro atoms. The van der Waals surface area contributed by atoms with Crippen LogP contribution >= 0.6 is 0 Å². The molecule has 1 aliphatic rings. The van der Waals surface area contributed by atoms with Crippen LogP contribution in [0.15, 0.2) is 35.1 Å². The van der Waals surface area contributed by atoms with Crippen molar-refractivity contribution in [1.29, 1.82) is 0 Å². The van der Waals surface area contributed by atoms with Crippen molar-refractivity contribution in [3.8, 4) is 0 Å². The molecule has 7 heteroatoms. The third-order valence-electron chi connectivity index (χ3n) is 4.88. The Morgan fingerprint density at radius 2 is 2.08 bits per heavy atom. The van der Waals surface area contributed by atoms with E-state index in [9.17, 15) is 9.59 Å². The molecule has 0 bridgehead atoms. The van der Waals surface area contributed by atoms with Crippen molar-refractivity contribution < 1.29 is 14.1 Å². The first-order valence-electron chi connectivity index (χ1n) is 8.63. The maximum Gasteiger partial charge on any atom is 0.254 e. The molecule has 26 heavy (non-hydrogen) atoms. The van der Waals surface area contributed by atoms with Gasteiger partial charge in [-0.1, -0.05) is 11.2 Å². The van der Waals surface area contributed by atoms with Crippen LogP contribution in [-0.4, -0.2) is 65.9 Å². The molecule has 1 aromatic carbocycles. The van der Waals surface area contributed by atoms with Crippen molar-refractivity contribution in [1.82, 2.24) is 19.9 Å². The summed E-state index contributed by atoms with van der Waals surface area (Å²) in [5, 5.41) is 3.91. The highest BCUT2D eigenvalue weighted by Crippen LogP contribution is 2.28. The molecular formula is C19H24N4O3. The Hall–Kier alpha value is -2.67. The molecule has 0 radical (unpaired) electrons. The average molecular weight is 356 g/mol. The highest BCUT2D eigenvalue weighted by Gasteiger charge is 2.32. The second kappa shape index (κ2) is 7.29. The minimum absolute atomic E-state index is 0.0105. The van der Waals surface area contributed by atoms with Crippen molar-refractivity contribution in [2.24, 2.45) is 0 Å². The lowest BCUT2D eigenvalue weighted by molar-refractivity contribution is 0.0729. The number of aromatic nitrogens is 1. The summed E-state index contributed by atoms with van der Waals surface area (Å²) >= 11 is 0. The molecule has 7 nitrogen and oxygen atoms in total. The number of nitrogens with zero attached hydrogens (tertiary/aromatic N) is 4. The predicted octanol–water partition coefficient (Wildman–Crippen LogP) is 2.03. The average Bonchev–Trinajstić information content (AvgIpc) is 3.26. The molecule has 138 valence electrons. The maximum atomic E-state index is 13.0. The molecule has 0 saturated heterocycles. The number of hydrogen-bond acceptors (Lipinski definition) is 5. The van der Waals surface area contributed by atoms with Crippen molar-refractivity contribution in [3.63, 3.8) is 0 Å². The zero-order chi connectivity index (χ0) is 18.8. The van der Waals surface area contributed by atoms with E-state index >= 15 is 0 Å². The van der Waals surface area contributed by atoms with E-state index in [0.29, 0.717) is 29.9 Å². The summed E-state index contributed by atoms with van der Waals surface area (Å²) in [6.45, 7) is 3.79. The Morgan fingerprint density at radius 3 is 2.73 bits per heavy atom. The quantitative estimate of drug-likeness (QED) is 0.792. The van der Waals surface area contributed by atoms with E-state index < -0.39 is 0 Å².